The molecule has 0 aromatic carbocycles. The van der Waals surface area contributed by atoms with Crippen molar-refractivity contribution >= 4 is 36.0 Å². The largest absolute Gasteiger partial charge is 0.444 e. The highest BCUT2D eigenvalue weighted by molar-refractivity contribution is 14.0. The molecule has 1 saturated heterocycles. The molecule has 1 aliphatic heterocycles. The van der Waals surface area contributed by atoms with E-state index < -0.39 is 11.7 Å². The highest BCUT2D eigenvalue weighted by Crippen LogP contribution is 2.14. The van der Waals surface area contributed by atoms with Crippen molar-refractivity contribution in [2.45, 2.75) is 78.4 Å². The Kier molecular flexibility index (Phi) is 17.2. The second-order valence-corrected chi connectivity index (χ2v) is 8.76. The molecular formula is C22H45IN4O4. The van der Waals surface area contributed by atoms with Gasteiger partial charge in [0.15, 0.2) is 5.96 Å². The SMILES string of the molecule is CCCC(CN=C(NCC)NCCCOCC1CCOCC1)NC(=O)OC(C)(C)C.I. The Bertz CT molecular complexity index is 494. The molecule has 1 heterocycles. The quantitative estimate of drug-likeness (QED) is 0.147. The maximum Gasteiger partial charge on any atom is 0.407 e. The van der Waals surface area contributed by atoms with Crippen molar-refractivity contribution in [1.82, 2.24) is 16.0 Å². The number of hydrogen-bond acceptors (Lipinski definition) is 5. The summed E-state index contributed by atoms with van der Waals surface area (Å²) in [6.45, 7) is 15.1. The molecule has 0 radical (unpaired) electrons. The predicted molar refractivity (Wildman–Crippen MR) is 136 cm³/mol. The number of alkyl carbamates (subject to hydrolysis) is 1. The molecule has 1 amide bonds. The van der Waals surface area contributed by atoms with Gasteiger partial charge in [0.25, 0.3) is 0 Å². The van der Waals surface area contributed by atoms with E-state index in [0.717, 1.165) is 77.6 Å². The van der Waals surface area contributed by atoms with Gasteiger partial charge < -0.3 is 30.2 Å². The Labute approximate surface area is 206 Å². The molecule has 1 rings (SSSR count). The lowest BCUT2D eigenvalue weighted by Gasteiger charge is -2.23. The number of halogens is 1. The average Bonchev–Trinajstić information content (AvgIpc) is 2.68. The molecule has 8 nitrogen and oxygen atoms in total. The summed E-state index contributed by atoms with van der Waals surface area (Å²) in [5.41, 5.74) is -0.507. The fraction of sp³-hybridized carbons (Fsp3) is 0.909. The number of nitrogens with zero attached hydrogens (tertiary/aromatic N) is 1. The number of aliphatic imine (C=N–C) groups is 1. The number of hydrogen-bond donors (Lipinski definition) is 3. The van der Waals surface area contributed by atoms with E-state index in [1.54, 1.807) is 0 Å². The normalized spacial score (nSPS) is 16.2. The first kappa shape index (κ1) is 30.2. The first-order valence-corrected chi connectivity index (χ1v) is 11.5. The Balaban J connectivity index is 0.00000900. The van der Waals surface area contributed by atoms with Gasteiger partial charge in [-0.15, -0.1) is 24.0 Å². The second kappa shape index (κ2) is 17.7. The van der Waals surface area contributed by atoms with Crippen LogP contribution in [0.4, 0.5) is 4.79 Å². The molecule has 1 atom stereocenters. The summed E-state index contributed by atoms with van der Waals surface area (Å²) < 4.78 is 16.6. The number of carbonyl (C=O) groups excluding carboxylic acids is 1. The van der Waals surface area contributed by atoms with E-state index in [2.05, 4.69) is 27.9 Å². The highest BCUT2D eigenvalue weighted by atomic mass is 127. The van der Waals surface area contributed by atoms with E-state index in [0.29, 0.717) is 12.5 Å². The number of carbonyl (C=O) groups is 1. The Morgan fingerprint density at radius 2 is 1.90 bits per heavy atom. The van der Waals surface area contributed by atoms with Gasteiger partial charge in [0.1, 0.15) is 5.60 Å². The first-order valence-electron chi connectivity index (χ1n) is 11.5. The number of guanidine groups is 1. The van der Waals surface area contributed by atoms with Gasteiger partial charge >= 0.3 is 6.09 Å². The van der Waals surface area contributed by atoms with Crippen molar-refractivity contribution in [3.8, 4) is 0 Å². The summed E-state index contributed by atoms with van der Waals surface area (Å²) in [6, 6.07) is -0.0527. The third-order valence-corrected chi connectivity index (χ3v) is 4.62. The van der Waals surface area contributed by atoms with Gasteiger partial charge in [0, 0.05) is 39.5 Å². The lowest BCUT2D eigenvalue weighted by molar-refractivity contribution is 0.0203. The molecule has 9 heteroatoms. The fourth-order valence-electron chi connectivity index (χ4n) is 3.12. The molecule has 0 spiro atoms. The lowest BCUT2D eigenvalue weighted by atomic mass is 10.0. The standard InChI is InChI=1S/C22H44N4O4.HI/c1-6-9-19(26-21(27)30-22(3,4)5)16-25-20(23-7-2)24-12-8-13-29-17-18-10-14-28-15-11-18;/h18-19H,6-17H2,1-5H3,(H,26,27)(H2,23,24,25);1H. The van der Waals surface area contributed by atoms with E-state index in [1.165, 1.54) is 0 Å². The minimum Gasteiger partial charge on any atom is -0.444 e. The first-order chi connectivity index (χ1) is 14.3. The van der Waals surface area contributed by atoms with Crippen LogP contribution in [0.2, 0.25) is 0 Å². The van der Waals surface area contributed by atoms with Gasteiger partial charge in [-0.25, -0.2) is 4.79 Å². The minimum absolute atomic E-state index is 0. The third kappa shape index (κ3) is 16.5. The minimum atomic E-state index is -0.507. The van der Waals surface area contributed by atoms with E-state index >= 15 is 0 Å². The van der Waals surface area contributed by atoms with Crippen molar-refractivity contribution in [2.75, 3.05) is 46.1 Å². The average molecular weight is 557 g/mol. The Morgan fingerprint density at radius 1 is 1.19 bits per heavy atom. The number of amides is 1. The van der Waals surface area contributed by atoms with Crippen LogP contribution in [-0.4, -0.2) is 69.8 Å². The zero-order valence-electron chi connectivity index (χ0n) is 20.1. The summed E-state index contributed by atoms with van der Waals surface area (Å²) in [6.07, 6.45) is 4.54. The van der Waals surface area contributed by atoms with Crippen LogP contribution in [0.5, 0.6) is 0 Å². The molecule has 1 fully saturated rings. The van der Waals surface area contributed by atoms with Crippen LogP contribution in [0.15, 0.2) is 4.99 Å². The predicted octanol–water partition coefficient (Wildman–Crippen LogP) is 3.69. The summed E-state index contributed by atoms with van der Waals surface area (Å²) in [5.74, 6) is 1.40. The van der Waals surface area contributed by atoms with Gasteiger partial charge in [-0.3, -0.25) is 4.99 Å². The van der Waals surface area contributed by atoms with Gasteiger partial charge in [-0.05, 0) is 59.3 Å². The van der Waals surface area contributed by atoms with Crippen LogP contribution in [0.3, 0.4) is 0 Å². The summed E-state index contributed by atoms with van der Waals surface area (Å²) in [5, 5.41) is 9.53. The monoisotopic (exact) mass is 556 g/mol. The molecule has 31 heavy (non-hydrogen) atoms. The van der Waals surface area contributed by atoms with Crippen LogP contribution in [0.1, 0.15) is 66.7 Å². The van der Waals surface area contributed by atoms with Crippen LogP contribution >= 0.6 is 24.0 Å². The lowest BCUT2D eigenvalue weighted by Crippen LogP contribution is -2.42. The van der Waals surface area contributed by atoms with Crippen LogP contribution in [-0.2, 0) is 14.2 Å². The molecule has 184 valence electrons. The molecule has 0 bridgehead atoms. The molecular weight excluding hydrogens is 511 g/mol. The van der Waals surface area contributed by atoms with Gasteiger partial charge in [-0.1, -0.05) is 13.3 Å². The van der Waals surface area contributed by atoms with E-state index in [4.69, 9.17) is 14.2 Å². The highest BCUT2D eigenvalue weighted by Gasteiger charge is 2.19. The molecule has 0 aliphatic carbocycles. The summed E-state index contributed by atoms with van der Waals surface area (Å²) in [4.78, 5) is 16.7. The van der Waals surface area contributed by atoms with Gasteiger partial charge in [-0.2, -0.15) is 0 Å². The molecule has 1 unspecified atom stereocenters. The van der Waals surface area contributed by atoms with Crippen molar-refractivity contribution in [2.24, 2.45) is 10.9 Å². The van der Waals surface area contributed by atoms with Crippen LogP contribution < -0.4 is 16.0 Å². The van der Waals surface area contributed by atoms with Crippen molar-refractivity contribution in [3.63, 3.8) is 0 Å². The topological polar surface area (TPSA) is 93.2 Å². The molecule has 0 aromatic heterocycles. The van der Waals surface area contributed by atoms with E-state index in [1.807, 2.05) is 27.7 Å². The van der Waals surface area contributed by atoms with Crippen LogP contribution in [0, 0.1) is 5.92 Å². The zero-order chi connectivity index (χ0) is 22.2. The third-order valence-electron chi connectivity index (χ3n) is 4.62. The molecule has 3 N–H and O–H groups in total. The maximum absolute atomic E-state index is 12.1. The van der Waals surface area contributed by atoms with Crippen molar-refractivity contribution in [3.05, 3.63) is 0 Å². The Hall–Kier alpha value is -0.810. The second-order valence-electron chi connectivity index (χ2n) is 8.76. The summed E-state index contributed by atoms with van der Waals surface area (Å²) in [7, 11) is 0. The number of ether oxygens (including phenoxy) is 3. The number of nitrogens with one attached hydrogen (secondary N) is 3. The van der Waals surface area contributed by atoms with Crippen molar-refractivity contribution in [1.29, 1.82) is 0 Å². The van der Waals surface area contributed by atoms with Gasteiger partial charge in [0.2, 0.25) is 0 Å². The van der Waals surface area contributed by atoms with Crippen LogP contribution in [0.25, 0.3) is 0 Å². The zero-order valence-corrected chi connectivity index (χ0v) is 22.5. The molecule has 0 aromatic rings. The fourth-order valence-corrected chi connectivity index (χ4v) is 3.12. The Morgan fingerprint density at radius 3 is 2.52 bits per heavy atom. The van der Waals surface area contributed by atoms with E-state index in [-0.39, 0.29) is 30.0 Å². The maximum atomic E-state index is 12.1. The smallest absolute Gasteiger partial charge is 0.407 e. The molecule has 1 aliphatic rings. The van der Waals surface area contributed by atoms with E-state index in [9.17, 15) is 4.79 Å². The number of rotatable bonds is 12. The summed E-state index contributed by atoms with van der Waals surface area (Å²) >= 11 is 0. The molecule has 0 saturated carbocycles. The van der Waals surface area contributed by atoms with Gasteiger partial charge in [0.05, 0.1) is 12.6 Å². The van der Waals surface area contributed by atoms with Crippen molar-refractivity contribution < 1.29 is 19.0 Å².